The highest BCUT2D eigenvalue weighted by Gasteiger charge is 2.33. The number of benzene rings is 2. The highest BCUT2D eigenvalue weighted by molar-refractivity contribution is 7.89. The molecule has 2 aromatic rings. The third-order valence-corrected chi connectivity index (χ3v) is 7.79. The molecule has 1 aliphatic rings. The molecule has 0 spiro atoms. The van der Waals surface area contributed by atoms with Crippen LogP contribution in [-0.4, -0.2) is 43.7 Å². The number of aryl methyl sites for hydroxylation is 3. The fourth-order valence-corrected chi connectivity index (χ4v) is 5.28. The molecule has 0 radical (unpaired) electrons. The minimum atomic E-state index is -3.57. The second kappa shape index (κ2) is 9.83. The number of hydrogen-bond acceptors (Lipinski definition) is 4. The third kappa shape index (κ3) is 5.55. The van der Waals surface area contributed by atoms with E-state index in [0.29, 0.717) is 12.8 Å². The van der Waals surface area contributed by atoms with Crippen molar-refractivity contribution in [3.8, 4) is 0 Å². The van der Waals surface area contributed by atoms with Gasteiger partial charge in [0.2, 0.25) is 21.8 Å². The second-order valence-corrected chi connectivity index (χ2v) is 10.5. The molecule has 2 N–H and O–H groups in total. The number of piperidine rings is 1. The van der Waals surface area contributed by atoms with Crippen LogP contribution in [0.3, 0.4) is 0 Å². The van der Waals surface area contributed by atoms with Crippen molar-refractivity contribution in [2.24, 2.45) is 5.92 Å². The molecule has 1 atom stereocenters. The van der Waals surface area contributed by atoms with Gasteiger partial charge >= 0.3 is 0 Å². The molecule has 0 aromatic heterocycles. The first kappa shape index (κ1) is 23.9. The monoisotopic (exact) mass is 457 g/mol. The molecule has 2 amide bonds. The maximum Gasteiger partial charge on any atom is 0.246 e. The topological polar surface area (TPSA) is 95.6 Å². The number of hydrogen-bond donors (Lipinski definition) is 2. The van der Waals surface area contributed by atoms with Gasteiger partial charge in [0.05, 0.1) is 4.90 Å². The predicted octanol–water partition coefficient (Wildman–Crippen LogP) is 3.16. The molecule has 7 nitrogen and oxygen atoms in total. The van der Waals surface area contributed by atoms with E-state index in [-0.39, 0.29) is 35.7 Å². The Hall–Kier alpha value is -2.71. The highest BCUT2D eigenvalue weighted by Crippen LogP contribution is 2.24. The number of anilines is 1. The van der Waals surface area contributed by atoms with Gasteiger partial charge in [-0.2, -0.15) is 4.31 Å². The Morgan fingerprint density at radius 2 is 1.56 bits per heavy atom. The van der Waals surface area contributed by atoms with Crippen LogP contribution >= 0.6 is 0 Å². The zero-order valence-electron chi connectivity index (χ0n) is 19.0. The van der Waals surface area contributed by atoms with E-state index >= 15 is 0 Å². The van der Waals surface area contributed by atoms with Crippen molar-refractivity contribution in [2.45, 2.75) is 51.5 Å². The summed E-state index contributed by atoms with van der Waals surface area (Å²) in [7, 11) is -3.57. The van der Waals surface area contributed by atoms with Crippen molar-refractivity contribution in [1.29, 1.82) is 0 Å². The largest absolute Gasteiger partial charge is 0.344 e. The van der Waals surface area contributed by atoms with E-state index in [0.717, 1.165) is 22.4 Å². The smallest absolute Gasteiger partial charge is 0.246 e. The Morgan fingerprint density at radius 1 is 0.969 bits per heavy atom. The molecule has 0 bridgehead atoms. The molecule has 1 heterocycles. The van der Waals surface area contributed by atoms with Gasteiger partial charge < -0.3 is 10.6 Å². The zero-order valence-corrected chi connectivity index (χ0v) is 19.8. The van der Waals surface area contributed by atoms with E-state index < -0.39 is 16.1 Å². The van der Waals surface area contributed by atoms with E-state index in [9.17, 15) is 18.0 Å². The minimum absolute atomic E-state index is 0.222. The summed E-state index contributed by atoms with van der Waals surface area (Å²) >= 11 is 0. The molecule has 1 aliphatic heterocycles. The SMILES string of the molecule is Cc1ccc(S(=O)(=O)N2CCC(C(=O)N[C@@H](C)C(=O)Nc3ccc(C)cc3C)CC2)cc1. The highest BCUT2D eigenvalue weighted by atomic mass is 32.2. The van der Waals surface area contributed by atoms with Crippen LogP contribution in [0.25, 0.3) is 0 Å². The summed E-state index contributed by atoms with van der Waals surface area (Å²) in [4.78, 5) is 25.5. The lowest BCUT2D eigenvalue weighted by molar-refractivity contribution is -0.129. The van der Waals surface area contributed by atoms with Crippen LogP contribution < -0.4 is 10.6 Å². The van der Waals surface area contributed by atoms with Crippen LogP contribution in [0.15, 0.2) is 47.4 Å². The van der Waals surface area contributed by atoms with Gasteiger partial charge in [-0.1, -0.05) is 35.4 Å². The quantitative estimate of drug-likeness (QED) is 0.697. The summed E-state index contributed by atoms with van der Waals surface area (Å²) in [6.07, 6.45) is 0.838. The van der Waals surface area contributed by atoms with Crippen molar-refractivity contribution in [3.05, 3.63) is 59.2 Å². The summed E-state index contributed by atoms with van der Waals surface area (Å²) in [5, 5.41) is 5.63. The molecule has 3 rings (SSSR count). The van der Waals surface area contributed by atoms with Gasteiger partial charge in [-0.3, -0.25) is 9.59 Å². The fourth-order valence-electron chi connectivity index (χ4n) is 3.81. The molecule has 0 saturated carbocycles. The number of rotatable bonds is 6. The summed E-state index contributed by atoms with van der Waals surface area (Å²) in [6, 6.07) is 11.8. The van der Waals surface area contributed by atoms with E-state index in [1.165, 1.54) is 4.31 Å². The van der Waals surface area contributed by atoms with Gasteiger partial charge in [-0.05, 0) is 64.3 Å². The van der Waals surface area contributed by atoms with Gasteiger partial charge in [-0.15, -0.1) is 0 Å². The maximum atomic E-state index is 12.8. The van der Waals surface area contributed by atoms with E-state index in [1.807, 2.05) is 39.0 Å². The van der Waals surface area contributed by atoms with Crippen molar-refractivity contribution >= 4 is 27.5 Å². The third-order valence-electron chi connectivity index (χ3n) is 5.88. The second-order valence-electron chi connectivity index (χ2n) is 8.53. The molecule has 2 aromatic carbocycles. The average Bonchev–Trinajstić information content (AvgIpc) is 2.76. The zero-order chi connectivity index (χ0) is 23.5. The molecule has 1 saturated heterocycles. The van der Waals surface area contributed by atoms with Gasteiger partial charge in [0, 0.05) is 24.7 Å². The van der Waals surface area contributed by atoms with Crippen LogP contribution in [0.4, 0.5) is 5.69 Å². The number of carbonyl (C=O) groups excluding carboxylic acids is 2. The molecule has 172 valence electrons. The first-order valence-electron chi connectivity index (χ1n) is 10.8. The van der Waals surface area contributed by atoms with Crippen LogP contribution in [0.2, 0.25) is 0 Å². The molecule has 0 unspecified atom stereocenters. The summed E-state index contributed by atoms with van der Waals surface area (Å²) < 4.78 is 27.1. The van der Waals surface area contributed by atoms with Crippen molar-refractivity contribution in [3.63, 3.8) is 0 Å². The summed E-state index contributed by atoms with van der Waals surface area (Å²) in [5.74, 6) is -0.832. The lowest BCUT2D eigenvalue weighted by Gasteiger charge is -2.31. The number of carbonyl (C=O) groups is 2. The lowest BCUT2D eigenvalue weighted by atomic mass is 9.97. The van der Waals surface area contributed by atoms with Crippen LogP contribution in [0, 0.1) is 26.7 Å². The normalized spacial score (nSPS) is 16.4. The molecule has 1 fully saturated rings. The van der Waals surface area contributed by atoms with Crippen LogP contribution in [-0.2, 0) is 19.6 Å². The maximum absolute atomic E-state index is 12.8. The van der Waals surface area contributed by atoms with Crippen LogP contribution in [0.1, 0.15) is 36.5 Å². The van der Waals surface area contributed by atoms with Gasteiger partial charge in [0.1, 0.15) is 6.04 Å². The molecule has 32 heavy (non-hydrogen) atoms. The Morgan fingerprint density at radius 3 is 2.16 bits per heavy atom. The number of sulfonamides is 1. The first-order valence-corrected chi connectivity index (χ1v) is 12.3. The minimum Gasteiger partial charge on any atom is -0.344 e. The number of nitrogens with one attached hydrogen (secondary N) is 2. The van der Waals surface area contributed by atoms with E-state index in [1.54, 1.807) is 31.2 Å². The Kier molecular flexibility index (Phi) is 7.36. The molecule has 0 aliphatic carbocycles. The van der Waals surface area contributed by atoms with E-state index in [4.69, 9.17) is 0 Å². The van der Waals surface area contributed by atoms with Gasteiger partial charge in [-0.25, -0.2) is 8.42 Å². The predicted molar refractivity (Wildman–Crippen MR) is 125 cm³/mol. The van der Waals surface area contributed by atoms with E-state index in [2.05, 4.69) is 10.6 Å². The Bertz CT molecular complexity index is 1090. The standard InChI is InChI=1S/C24H31N3O4S/c1-16-5-8-21(9-6-16)32(30,31)27-13-11-20(12-14-27)24(29)25-19(4)23(28)26-22-10-7-17(2)15-18(22)3/h5-10,15,19-20H,11-14H2,1-4H3,(H,25,29)(H,26,28)/t19-/m0/s1. The van der Waals surface area contributed by atoms with Gasteiger partial charge in [0.15, 0.2) is 0 Å². The van der Waals surface area contributed by atoms with Crippen LogP contribution in [0.5, 0.6) is 0 Å². The first-order chi connectivity index (χ1) is 15.1. The number of nitrogens with zero attached hydrogens (tertiary/aromatic N) is 1. The van der Waals surface area contributed by atoms with Gasteiger partial charge in [0.25, 0.3) is 0 Å². The van der Waals surface area contributed by atoms with Crippen molar-refractivity contribution in [1.82, 2.24) is 9.62 Å². The molecule has 8 heteroatoms. The summed E-state index contributed by atoms with van der Waals surface area (Å²) in [6.45, 7) is 8.01. The Labute approximate surface area is 190 Å². The van der Waals surface area contributed by atoms with Crippen molar-refractivity contribution in [2.75, 3.05) is 18.4 Å². The molecular formula is C24H31N3O4S. The molecular weight excluding hydrogens is 426 g/mol. The number of amides is 2. The fraction of sp³-hybridized carbons (Fsp3) is 0.417. The Balaban J connectivity index is 1.53. The average molecular weight is 458 g/mol. The van der Waals surface area contributed by atoms with Crippen molar-refractivity contribution < 1.29 is 18.0 Å². The lowest BCUT2D eigenvalue weighted by Crippen LogP contribution is -2.47. The summed E-state index contributed by atoms with van der Waals surface area (Å²) in [5.41, 5.74) is 3.78.